The summed E-state index contributed by atoms with van der Waals surface area (Å²) in [5.74, 6) is 0.968. The summed E-state index contributed by atoms with van der Waals surface area (Å²) in [6.45, 7) is 2.41. The summed E-state index contributed by atoms with van der Waals surface area (Å²) in [4.78, 5) is 28.8. The second kappa shape index (κ2) is 10.5. The Kier molecular flexibility index (Phi) is 7.71. The number of nitrogens with zero attached hydrogens (tertiary/aromatic N) is 3. The minimum absolute atomic E-state index is 0.0154. The zero-order valence-electron chi connectivity index (χ0n) is 15.1. The first-order valence-electron chi connectivity index (χ1n) is 8.46. The van der Waals surface area contributed by atoms with E-state index in [1.54, 1.807) is 18.6 Å². The van der Waals surface area contributed by atoms with E-state index in [1.807, 2.05) is 49.5 Å². The molecule has 27 heavy (non-hydrogen) atoms. The molecule has 0 saturated carbocycles. The van der Waals surface area contributed by atoms with Crippen molar-refractivity contribution >= 4 is 18.1 Å². The largest absolute Gasteiger partial charge is 0.483 e. The van der Waals surface area contributed by atoms with Crippen molar-refractivity contribution in [3.05, 3.63) is 78.1 Å². The first-order chi connectivity index (χ1) is 13.1. The number of carbonyl (C=O) groups excluding carboxylic acids is 1. The summed E-state index contributed by atoms with van der Waals surface area (Å²) in [5, 5.41) is 9.91. The second-order valence-electron chi connectivity index (χ2n) is 5.77. The van der Waals surface area contributed by atoms with Crippen LogP contribution in [0.1, 0.15) is 23.4 Å². The van der Waals surface area contributed by atoms with Crippen molar-refractivity contribution < 1.29 is 14.7 Å². The molecule has 0 saturated heterocycles. The van der Waals surface area contributed by atoms with Gasteiger partial charge in [-0.15, -0.1) is 0 Å². The number of rotatable bonds is 6. The molecule has 0 atom stereocenters. The van der Waals surface area contributed by atoms with Gasteiger partial charge in [0.05, 0.1) is 6.54 Å². The maximum atomic E-state index is 12.3. The van der Waals surface area contributed by atoms with Crippen LogP contribution in [0.25, 0.3) is 0 Å². The van der Waals surface area contributed by atoms with Crippen molar-refractivity contribution in [1.82, 2.24) is 14.5 Å². The maximum Gasteiger partial charge on any atom is 0.290 e. The van der Waals surface area contributed by atoms with Crippen molar-refractivity contribution in [1.29, 1.82) is 0 Å². The number of amides is 1. The van der Waals surface area contributed by atoms with E-state index >= 15 is 0 Å². The number of carbonyl (C=O) groups is 2. The van der Waals surface area contributed by atoms with Crippen LogP contribution in [0.4, 0.5) is 5.69 Å². The fourth-order valence-corrected chi connectivity index (χ4v) is 2.55. The predicted molar refractivity (Wildman–Crippen MR) is 102 cm³/mol. The van der Waals surface area contributed by atoms with Gasteiger partial charge >= 0.3 is 0 Å². The molecule has 2 N–H and O–H groups in total. The standard InChI is InChI=1S/C19H20N4O.CH2O2/c1-15-21-12-13-23(15)14-17-4-2-3-5-18(17)22-19(24)7-6-16-8-10-20-11-9-16;2-1-3/h2-5,8-13H,6-7,14H2,1H3,(H,22,24);1H,(H,2,3). The minimum atomic E-state index is -0.250. The molecular weight excluding hydrogens is 344 g/mol. The van der Waals surface area contributed by atoms with Gasteiger partial charge in [-0.25, -0.2) is 4.98 Å². The van der Waals surface area contributed by atoms with Gasteiger partial charge < -0.3 is 15.0 Å². The van der Waals surface area contributed by atoms with Crippen molar-refractivity contribution in [2.24, 2.45) is 0 Å². The minimum Gasteiger partial charge on any atom is -0.483 e. The first-order valence-corrected chi connectivity index (χ1v) is 8.46. The molecular formula is C20H22N4O3. The van der Waals surface area contributed by atoms with Gasteiger partial charge in [-0.1, -0.05) is 18.2 Å². The smallest absolute Gasteiger partial charge is 0.290 e. The number of aromatic nitrogens is 3. The van der Waals surface area contributed by atoms with Crippen LogP contribution < -0.4 is 5.32 Å². The molecule has 1 aromatic carbocycles. The van der Waals surface area contributed by atoms with Crippen LogP contribution in [0, 0.1) is 6.92 Å². The number of nitrogens with one attached hydrogen (secondary N) is 1. The molecule has 0 aliphatic heterocycles. The average molecular weight is 366 g/mol. The summed E-state index contributed by atoms with van der Waals surface area (Å²) < 4.78 is 2.06. The third-order valence-electron chi connectivity index (χ3n) is 3.95. The molecule has 0 radical (unpaired) electrons. The van der Waals surface area contributed by atoms with E-state index in [0.717, 1.165) is 22.6 Å². The number of imidazole rings is 1. The number of benzene rings is 1. The van der Waals surface area contributed by atoms with Crippen molar-refractivity contribution in [2.75, 3.05) is 5.32 Å². The summed E-state index contributed by atoms with van der Waals surface area (Å²) >= 11 is 0. The van der Waals surface area contributed by atoms with Crippen LogP contribution in [0.5, 0.6) is 0 Å². The number of anilines is 1. The highest BCUT2D eigenvalue weighted by atomic mass is 16.3. The molecule has 0 aliphatic carbocycles. The number of hydrogen-bond acceptors (Lipinski definition) is 4. The van der Waals surface area contributed by atoms with E-state index < -0.39 is 0 Å². The Hall–Kier alpha value is -3.48. The Morgan fingerprint density at radius 1 is 1.19 bits per heavy atom. The van der Waals surface area contributed by atoms with Gasteiger partial charge in [0, 0.05) is 36.9 Å². The van der Waals surface area contributed by atoms with Crippen LogP contribution in [0.15, 0.2) is 61.2 Å². The molecule has 0 unspecified atom stereocenters. The molecule has 1 amide bonds. The molecule has 0 bridgehead atoms. The zero-order chi connectivity index (χ0) is 19.5. The Balaban J connectivity index is 0.000000817. The van der Waals surface area contributed by atoms with E-state index in [9.17, 15) is 4.79 Å². The second-order valence-corrected chi connectivity index (χ2v) is 5.77. The summed E-state index contributed by atoms with van der Waals surface area (Å²) in [7, 11) is 0. The van der Waals surface area contributed by atoms with E-state index in [1.165, 1.54) is 0 Å². The topological polar surface area (TPSA) is 97.1 Å². The van der Waals surface area contributed by atoms with Gasteiger partial charge in [-0.3, -0.25) is 14.6 Å². The lowest BCUT2D eigenvalue weighted by Gasteiger charge is -2.12. The van der Waals surface area contributed by atoms with Gasteiger partial charge in [0.2, 0.25) is 5.91 Å². The lowest BCUT2D eigenvalue weighted by atomic mass is 10.1. The molecule has 0 fully saturated rings. The third kappa shape index (κ3) is 6.39. The van der Waals surface area contributed by atoms with Crippen LogP contribution in [0.3, 0.4) is 0 Å². The summed E-state index contributed by atoms with van der Waals surface area (Å²) in [6.07, 6.45) is 8.37. The lowest BCUT2D eigenvalue weighted by molar-refractivity contribution is -0.123. The Morgan fingerprint density at radius 3 is 2.56 bits per heavy atom. The third-order valence-corrected chi connectivity index (χ3v) is 3.95. The molecule has 2 aromatic heterocycles. The number of pyridine rings is 1. The van der Waals surface area contributed by atoms with Crippen molar-refractivity contribution in [3.63, 3.8) is 0 Å². The van der Waals surface area contributed by atoms with E-state index in [-0.39, 0.29) is 12.4 Å². The predicted octanol–water partition coefficient (Wildman–Crippen LogP) is 2.91. The SMILES string of the molecule is Cc1nccn1Cc1ccccc1NC(=O)CCc1ccncc1.O=CO. The van der Waals surface area contributed by atoms with Crippen molar-refractivity contribution in [3.8, 4) is 0 Å². The highest BCUT2D eigenvalue weighted by Crippen LogP contribution is 2.17. The van der Waals surface area contributed by atoms with Crippen LogP contribution >= 0.6 is 0 Å². The molecule has 0 spiro atoms. The lowest BCUT2D eigenvalue weighted by Crippen LogP contribution is -2.14. The molecule has 3 rings (SSSR count). The highest BCUT2D eigenvalue weighted by Gasteiger charge is 2.08. The fourth-order valence-electron chi connectivity index (χ4n) is 2.55. The van der Waals surface area contributed by atoms with Crippen LogP contribution in [-0.4, -0.2) is 32.0 Å². The summed E-state index contributed by atoms with van der Waals surface area (Å²) in [5.41, 5.74) is 3.03. The van der Waals surface area contributed by atoms with Gasteiger partial charge in [-0.05, 0) is 42.7 Å². The summed E-state index contributed by atoms with van der Waals surface area (Å²) in [6, 6.07) is 11.7. The Bertz CT molecular complexity index is 862. The maximum absolute atomic E-state index is 12.3. The molecule has 140 valence electrons. The first kappa shape index (κ1) is 19.8. The Labute approximate surface area is 157 Å². The van der Waals surface area contributed by atoms with E-state index in [2.05, 4.69) is 19.9 Å². The van der Waals surface area contributed by atoms with Crippen LogP contribution in [-0.2, 0) is 22.6 Å². The molecule has 7 heteroatoms. The van der Waals surface area contributed by atoms with E-state index in [4.69, 9.17) is 9.90 Å². The van der Waals surface area contributed by atoms with Crippen LogP contribution in [0.2, 0.25) is 0 Å². The number of aryl methyl sites for hydroxylation is 2. The highest BCUT2D eigenvalue weighted by molar-refractivity contribution is 5.91. The number of carboxylic acid groups (broad SMARTS) is 1. The van der Waals surface area contributed by atoms with Gasteiger partial charge in [0.25, 0.3) is 6.47 Å². The van der Waals surface area contributed by atoms with Gasteiger partial charge in [-0.2, -0.15) is 0 Å². The molecule has 7 nitrogen and oxygen atoms in total. The fraction of sp³-hybridized carbons (Fsp3) is 0.200. The number of hydrogen-bond donors (Lipinski definition) is 2. The van der Waals surface area contributed by atoms with E-state index in [0.29, 0.717) is 19.4 Å². The van der Waals surface area contributed by atoms with Crippen molar-refractivity contribution in [2.45, 2.75) is 26.3 Å². The monoisotopic (exact) mass is 366 g/mol. The number of para-hydroxylation sites is 1. The average Bonchev–Trinajstić information content (AvgIpc) is 3.08. The molecule has 2 heterocycles. The zero-order valence-corrected chi connectivity index (χ0v) is 15.1. The molecule has 0 aliphatic rings. The van der Waals surface area contributed by atoms with Gasteiger partial charge in [0.15, 0.2) is 0 Å². The Morgan fingerprint density at radius 2 is 1.89 bits per heavy atom. The normalized spacial score (nSPS) is 9.81. The molecule has 3 aromatic rings. The van der Waals surface area contributed by atoms with Gasteiger partial charge in [0.1, 0.15) is 5.82 Å². The quantitative estimate of drug-likeness (QED) is 0.654.